The molecule has 0 radical (unpaired) electrons. The topological polar surface area (TPSA) is 48.0 Å². The largest absolute Gasteiger partial charge is 0.306 e. The molecule has 0 N–H and O–H groups in total. The second-order valence-electron chi connectivity index (χ2n) is 6.13. The molecule has 4 rings (SSSR count). The number of aromatic nitrogens is 4. The molecule has 0 amide bonds. The van der Waals surface area contributed by atoms with E-state index in [9.17, 15) is 0 Å². The molecule has 0 bridgehead atoms. The molecule has 0 spiro atoms. The van der Waals surface area contributed by atoms with Gasteiger partial charge in [0.15, 0.2) is 0 Å². The Morgan fingerprint density at radius 2 is 1.81 bits per heavy atom. The summed E-state index contributed by atoms with van der Waals surface area (Å²) in [6.45, 7) is 4.07. The zero-order chi connectivity index (χ0) is 17.9. The molecule has 0 saturated carbocycles. The van der Waals surface area contributed by atoms with Gasteiger partial charge in [-0.1, -0.05) is 12.1 Å². The maximum atomic E-state index is 4.60. The molecule has 2 aromatic carbocycles. The van der Waals surface area contributed by atoms with E-state index in [1.807, 2.05) is 36.2 Å². The predicted octanol–water partition coefficient (Wildman–Crippen LogP) is 4.43. The normalized spacial score (nSPS) is 11.3. The number of hydrogen-bond donors (Lipinski definition) is 0. The number of rotatable bonds is 4. The van der Waals surface area contributed by atoms with Crippen molar-refractivity contribution in [2.24, 2.45) is 4.99 Å². The van der Waals surface area contributed by atoms with Crippen LogP contribution in [-0.2, 0) is 0 Å². The van der Waals surface area contributed by atoms with Crippen LogP contribution in [-0.4, -0.2) is 25.3 Å². The van der Waals surface area contributed by atoms with Gasteiger partial charge in [0.1, 0.15) is 5.82 Å². The Kier molecular flexibility index (Phi) is 4.19. The lowest BCUT2D eigenvalue weighted by Gasteiger charge is -2.07. The second-order valence-corrected chi connectivity index (χ2v) is 6.13. The van der Waals surface area contributed by atoms with Gasteiger partial charge in [0.05, 0.1) is 12.0 Å². The standard InChI is InChI=1S/C21H19N5/c1-16-13-19(5-8-21(16)25-11-9-22-15-25)24-14-18-3-6-20(7-4-18)26-12-10-23-17(26)2/h3-15H,1-2H3/b24-14+. The molecule has 0 saturated heterocycles. The third kappa shape index (κ3) is 3.19. The lowest BCUT2D eigenvalue weighted by molar-refractivity contribution is 0.975. The van der Waals surface area contributed by atoms with E-state index < -0.39 is 0 Å². The number of imidazole rings is 2. The predicted molar refractivity (Wildman–Crippen MR) is 104 cm³/mol. The van der Waals surface area contributed by atoms with Crippen LogP contribution in [0.25, 0.3) is 11.4 Å². The van der Waals surface area contributed by atoms with Crippen molar-refractivity contribution in [1.29, 1.82) is 0 Å². The van der Waals surface area contributed by atoms with Gasteiger partial charge in [-0.25, -0.2) is 9.97 Å². The van der Waals surface area contributed by atoms with Crippen molar-refractivity contribution in [3.8, 4) is 11.4 Å². The van der Waals surface area contributed by atoms with Crippen LogP contribution in [0.3, 0.4) is 0 Å². The van der Waals surface area contributed by atoms with E-state index >= 15 is 0 Å². The Hall–Kier alpha value is -3.47. The highest BCUT2D eigenvalue weighted by atomic mass is 15.1. The average molecular weight is 341 g/mol. The molecule has 0 atom stereocenters. The molecule has 5 nitrogen and oxygen atoms in total. The second kappa shape index (κ2) is 6.80. The zero-order valence-electron chi connectivity index (χ0n) is 14.7. The first kappa shape index (κ1) is 16.0. The summed E-state index contributed by atoms with van der Waals surface area (Å²) in [5.41, 5.74) is 5.35. The van der Waals surface area contributed by atoms with Crippen LogP contribution in [0.15, 0.2) is 78.6 Å². The van der Waals surface area contributed by atoms with E-state index in [0.717, 1.165) is 34.0 Å². The fourth-order valence-corrected chi connectivity index (χ4v) is 2.93. The van der Waals surface area contributed by atoms with Gasteiger partial charge in [-0.05, 0) is 55.3 Å². The molecule has 0 unspecified atom stereocenters. The average Bonchev–Trinajstić information content (AvgIpc) is 3.32. The van der Waals surface area contributed by atoms with Gasteiger partial charge in [-0.3, -0.25) is 4.99 Å². The molecule has 26 heavy (non-hydrogen) atoms. The molecule has 128 valence electrons. The minimum atomic E-state index is 0.931. The van der Waals surface area contributed by atoms with Crippen LogP contribution in [0, 0.1) is 13.8 Å². The first-order valence-electron chi connectivity index (χ1n) is 8.44. The summed E-state index contributed by atoms with van der Waals surface area (Å²) in [5.74, 6) is 0.972. The molecule has 0 aliphatic rings. The van der Waals surface area contributed by atoms with Crippen LogP contribution < -0.4 is 0 Å². The lowest BCUT2D eigenvalue weighted by atomic mass is 10.1. The Balaban J connectivity index is 1.53. The van der Waals surface area contributed by atoms with Gasteiger partial charge < -0.3 is 9.13 Å². The van der Waals surface area contributed by atoms with Crippen molar-refractivity contribution >= 4 is 11.9 Å². The number of hydrogen-bond acceptors (Lipinski definition) is 3. The summed E-state index contributed by atoms with van der Waals surface area (Å²) < 4.78 is 4.05. The molecular formula is C21H19N5. The summed E-state index contributed by atoms with van der Waals surface area (Å²) in [4.78, 5) is 13.0. The highest BCUT2D eigenvalue weighted by Crippen LogP contribution is 2.21. The molecule has 0 aliphatic heterocycles. The van der Waals surface area contributed by atoms with Gasteiger partial charge in [0, 0.05) is 42.4 Å². The molecule has 2 aromatic heterocycles. The Morgan fingerprint density at radius 3 is 2.46 bits per heavy atom. The van der Waals surface area contributed by atoms with Crippen molar-refractivity contribution in [3.05, 3.63) is 90.5 Å². The third-order valence-corrected chi connectivity index (χ3v) is 4.32. The summed E-state index contributed by atoms with van der Waals surface area (Å²) in [6.07, 6.45) is 11.2. The summed E-state index contributed by atoms with van der Waals surface area (Å²) >= 11 is 0. The number of aliphatic imine (C=N–C) groups is 1. The monoisotopic (exact) mass is 341 g/mol. The van der Waals surface area contributed by atoms with E-state index in [0.29, 0.717) is 0 Å². The molecule has 2 heterocycles. The molecule has 5 heteroatoms. The van der Waals surface area contributed by atoms with E-state index in [1.165, 1.54) is 0 Å². The van der Waals surface area contributed by atoms with Crippen LogP contribution in [0.2, 0.25) is 0 Å². The third-order valence-electron chi connectivity index (χ3n) is 4.32. The van der Waals surface area contributed by atoms with Gasteiger partial charge in [0.25, 0.3) is 0 Å². The Labute approximate surface area is 152 Å². The molecule has 0 fully saturated rings. The first-order valence-corrected chi connectivity index (χ1v) is 8.44. The molecule has 0 aliphatic carbocycles. The summed E-state index contributed by atoms with van der Waals surface area (Å²) in [6, 6.07) is 14.4. The van der Waals surface area contributed by atoms with Crippen LogP contribution in [0.4, 0.5) is 5.69 Å². The minimum Gasteiger partial charge on any atom is -0.306 e. The zero-order valence-corrected chi connectivity index (χ0v) is 14.7. The Bertz CT molecular complexity index is 1040. The van der Waals surface area contributed by atoms with Crippen LogP contribution in [0.1, 0.15) is 17.0 Å². The first-order chi connectivity index (χ1) is 12.7. The van der Waals surface area contributed by atoms with E-state index in [-0.39, 0.29) is 0 Å². The van der Waals surface area contributed by atoms with Gasteiger partial charge >= 0.3 is 0 Å². The van der Waals surface area contributed by atoms with E-state index in [4.69, 9.17) is 0 Å². The maximum Gasteiger partial charge on any atom is 0.110 e. The van der Waals surface area contributed by atoms with Crippen molar-refractivity contribution in [2.45, 2.75) is 13.8 Å². The SMILES string of the molecule is Cc1cc(/N=C/c2ccc(-n3ccnc3C)cc2)ccc1-n1ccnc1. The number of aryl methyl sites for hydroxylation is 2. The smallest absolute Gasteiger partial charge is 0.110 e. The fraction of sp³-hybridized carbons (Fsp3) is 0.0952. The van der Waals surface area contributed by atoms with Gasteiger partial charge in [0.2, 0.25) is 0 Å². The quantitative estimate of drug-likeness (QED) is 0.516. The van der Waals surface area contributed by atoms with Gasteiger partial charge in [-0.15, -0.1) is 0 Å². The highest BCUT2D eigenvalue weighted by Gasteiger charge is 2.02. The molecule has 4 aromatic rings. The van der Waals surface area contributed by atoms with Crippen molar-refractivity contribution < 1.29 is 0 Å². The van der Waals surface area contributed by atoms with Crippen molar-refractivity contribution in [2.75, 3.05) is 0 Å². The summed E-state index contributed by atoms with van der Waals surface area (Å²) in [7, 11) is 0. The highest BCUT2D eigenvalue weighted by molar-refractivity contribution is 5.82. The van der Waals surface area contributed by atoms with E-state index in [2.05, 4.69) is 62.8 Å². The van der Waals surface area contributed by atoms with Crippen LogP contribution in [0.5, 0.6) is 0 Å². The molecular weight excluding hydrogens is 322 g/mol. The van der Waals surface area contributed by atoms with Crippen molar-refractivity contribution in [1.82, 2.24) is 19.1 Å². The summed E-state index contributed by atoms with van der Waals surface area (Å²) in [5, 5.41) is 0. The van der Waals surface area contributed by atoms with Crippen LogP contribution >= 0.6 is 0 Å². The van der Waals surface area contributed by atoms with Gasteiger partial charge in [-0.2, -0.15) is 0 Å². The number of benzene rings is 2. The van der Waals surface area contributed by atoms with Crippen molar-refractivity contribution in [3.63, 3.8) is 0 Å². The Morgan fingerprint density at radius 1 is 0.962 bits per heavy atom. The minimum absolute atomic E-state index is 0.931. The lowest BCUT2D eigenvalue weighted by Crippen LogP contribution is -1.95. The number of nitrogens with zero attached hydrogens (tertiary/aromatic N) is 5. The van der Waals surface area contributed by atoms with E-state index in [1.54, 1.807) is 18.7 Å². The maximum absolute atomic E-state index is 4.60. The fourth-order valence-electron chi connectivity index (χ4n) is 2.93.